The van der Waals surface area contributed by atoms with Crippen LogP contribution in [-0.2, 0) is 13.5 Å². The van der Waals surface area contributed by atoms with Crippen molar-refractivity contribution in [2.75, 3.05) is 0 Å². The van der Waals surface area contributed by atoms with Crippen molar-refractivity contribution in [2.45, 2.75) is 39.2 Å². The van der Waals surface area contributed by atoms with Crippen molar-refractivity contribution in [1.29, 1.82) is 0 Å². The summed E-state index contributed by atoms with van der Waals surface area (Å²) >= 11 is 0. The van der Waals surface area contributed by atoms with E-state index in [0.717, 1.165) is 35.1 Å². The molecule has 3 rings (SSSR count). The van der Waals surface area contributed by atoms with E-state index in [1.165, 1.54) is 5.57 Å². The van der Waals surface area contributed by atoms with Gasteiger partial charge in [-0.2, -0.15) is 0 Å². The lowest BCUT2D eigenvalue weighted by Crippen LogP contribution is -2.38. The fourth-order valence-electron chi connectivity index (χ4n) is 3.24. The predicted molar refractivity (Wildman–Crippen MR) is 86.0 cm³/mol. The van der Waals surface area contributed by atoms with Gasteiger partial charge in [-0.3, -0.25) is 4.79 Å². The first-order valence-electron chi connectivity index (χ1n) is 7.37. The summed E-state index contributed by atoms with van der Waals surface area (Å²) in [6.45, 7) is 6.24. The van der Waals surface area contributed by atoms with Gasteiger partial charge in [-0.1, -0.05) is 17.7 Å². The molecule has 2 heterocycles. The van der Waals surface area contributed by atoms with Gasteiger partial charge >= 0.3 is 0 Å². The van der Waals surface area contributed by atoms with Gasteiger partial charge in [-0.25, -0.2) is 0 Å². The van der Waals surface area contributed by atoms with Gasteiger partial charge in [-0.05, 0) is 51.8 Å². The van der Waals surface area contributed by atoms with Gasteiger partial charge in [0.1, 0.15) is 11.4 Å². The molecular weight excluding hydrogens is 262 g/mol. The fraction of sp³-hybridized carbons (Fsp3) is 0.389. The number of aromatic nitrogens is 1. The van der Waals surface area contributed by atoms with Crippen molar-refractivity contribution in [3.8, 4) is 5.75 Å². The molecule has 21 heavy (non-hydrogen) atoms. The zero-order chi connectivity index (χ0) is 15.2. The van der Waals surface area contributed by atoms with Crippen LogP contribution in [0.5, 0.6) is 5.75 Å². The number of pyridine rings is 1. The molecule has 1 unspecified atom stereocenters. The summed E-state index contributed by atoms with van der Waals surface area (Å²) in [6.07, 6.45) is 3.74. The molecule has 0 spiro atoms. The zero-order valence-electron chi connectivity index (χ0n) is 13.1. The maximum absolute atomic E-state index is 12.5. The number of fused-ring (bicyclic) bond motifs is 3. The molecule has 1 atom stereocenters. The summed E-state index contributed by atoms with van der Waals surface area (Å²) in [5.41, 5.74) is 2.68. The largest absolute Gasteiger partial charge is 0.482 e. The quantitative estimate of drug-likeness (QED) is 0.749. The van der Waals surface area contributed by atoms with Gasteiger partial charge in [0.25, 0.3) is 5.56 Å². The Morgan fingerprint density at radius 1 is 1.33 bits per heavy atom. The Morgan fingerprint density at radius 3 is 2.76 bits per heavy atom. The van der Waals surface area contributed by atoms with Gasteiger partial charge in [0.15, 0.2) is 0 Å². The van der Waals surface area contributed by atoms with Crippen LogP contribution in [0.4, 0.5) is 0 Å². The van der Waals surface area contributed by atoms with Crippen LogP contribution in [0.25, 0.3) is 10.9 Å². The second kappa shape index (κ2) is 4.76. The molecule has 0 saturated heterocycles. The summed E-state index contributed by atoms with van der Waals surface area (Å²) in [7, 11) is 1.83. The lowest BCUT2D eigenvalue weighted by Gasteiger charge is -2.34. The molecule has 0 saturated carbocycles. The van der Waals surface area contributed by atoms with Crippen LogP contribution >= 0.6 is 0 Å². The second-order valence-corrected chi connectivity index (χ2v) is 6.33. The molecule has 1 aliphatic heterocycles. The van der Waals surface area contributed by atoms with E-state index >= 15 is 0 Å². The maximum Gasteiger partial charge on any atom is 0.257 e. The first-order valence-corrected chi connectivity index (χ1v) is 7.37. The highest BCUT2D eigenvalue weighted by molar-refractivity contribution is 5.87. The smallest absolute Gasteiger partial charge is 0.257 e. The molecule has 0 radical (unpaired) electrons. The van der Waals surface area contributed by atoms with Crippen LogP contribution in [0.15, 0.2) is 40.7 Å². The molecule has 0 aliphatic carbocycles. The van der Waals surface area contributed by atoms with Crippen molar-refractivity contribution in [3.63, 3.8) is 0 Å². The second-order valence-electron chi connectivity index (χ2n) is 6.33. The zero-order valence-corrected chi connectivity index (χ0v) is 13.1. The molecule has 110 valence electrons. The lowest BCUT2D eigenvalue weighted by molar-refractivity contribution is 0.115. The third-order valence-electron chi connectivity index (χ3n) is 4.15. The van der Waals surface area contributed by atoms with E-state index in [2.05, 4.69) is 26.8 Å². The minimum atomic E-state index is -0.332. The minimum Gasteiger partial charge on any atom is -0.482 e. The molecule has 1 aromatic heterocycles. The summed E-state index contributed by atoms with van der Waals surface area (Å²) < 4.78 is 8.01. The highest BCUT2D eigenvalue weighted by Gasteiger charge is 2.32. The Balaban J connectivity index is 2.27. The number of para-hydroxylation sites is 1. The molecular formula is C18H21NO2. The summed E-state index contributed by atoms with van der Waals surface area (Å²) in [5, 5.41) is 1.02. The molecule has 3 nitrogen and oxygen atoms in total. The topological polar surface area (TPSA) is 31.2 Å². The SMILES string of the molecule is CC(C)=CC1(C)CCc2c(c3ccccc3n(C)c2=O)O1. The number of hydrogen-bond acceptors (Lipinski definition) is 2. The summed E-state index contributed by atoms with van der Waals surface area (Å²) in [5.74, 6) is 0.764. The van der Waals surface area contributed by atoms with Crippen molar-refractivity contribution >= 4 is 10.9 Å². The highest BCUT2D eigenvalue weighted by Crippen LogP contribution is 2.37. The first kappa shape index (κ1) is 13.9. The van der Waals surface area contributed by atoms with E-state index in [4.69, 9.17) is 4.74 Å². The van der Waals surface area contributed by atoms with Gasteiger partial charge in [-0.15, -0.1) is 0 Å². The van der Waals surface area contributed by atoms with Gasteiger partial charge < -0.3 is 9.30 Å². The fourth-order valence-corrected chi connectivity index (χ4v) is 3.24. The molecule has 1 aliphatic rings. The Labute approximate surface area is 124 Å². The van der Waals surface area contributed by atoms with Crippen LogP contribution < -0.4 is 10.3 Å². The highest BCUT2D eigenvalue weighted by atomic mass is 16.5. The van der Waals surface area contributed by atoms with E-state index < -0.39 is 0 Å². The molecule has 3 heteroatoms. The van der Waals surface area contributed by atoms with E-state index in [1.807, 2.05) is 31.3 Å². The van der Waals surface area contributed by atoms with Crippen LogP contribution in [0.2, 0.25) is 0 Å². The Kier molecular flexibility index (Phi) is 3.16. The Hall–Kier alpha value is -2.03. The molecule has 1 aromatic carbocycles. The normalized spacial score (nSPS) is 20.8. The van der Waals surface area contributed by atoms with Crippen molar-refractivity contribution in [3.05, 3.63) is 51.8 Å². The molecule has 2 aromatic rings. The number of ether oxygens (including phenoxy) is 1. The predicted octanol–water partition coefficient (Wildman–Crippen LogP) is 3.59. The van der Waals surface area contributed by atoms with E-state index in [0.29, 0.717) is 0 Å². The van der Waals surface area contributed by atoms with E-state index in [1.54, 1.807) is 4.57 Å². The number of nitrogens with zero attached hydrogens (tertiary/aromatic N) is 1. The number of aryl methyl sites for hydroxylation is 1. The van der Waals surface area contributed by atoms with Crippen molar-refractivity contribution in [2.24, 2.45) is 7.05 Å². The minimum absolute atomic E-state index is 0.0583. The summed E-state index contributed by atoms with van der Waals surface area (Å²) in [4.78, 5) is 12.5. The molecule has 0 fully saturated rings. The van der Waals surface area contributed by atoms with Crippen LogP contribution in [-0.4, -0.2) is 10.2 Å². The van der Waals surface area contributed by atoms with Crippen LogP contribution in [0.1, 0.15) is 32.8 Å². The maximum atomic E-state index is 12.5. The third kappa shape index (κ3) is 2.27. The Bertz CT molecular complexity index is 797. The first-order chi connectivity index (χ1) is 9.91. The molecule has 0 amide bonds. The van der Waals surface area contributed by atoms with Crippen molar-refractivity contribution < 1.29 is 4.74 Å². The average molecular weight is 283 g/mol. The Morgan fingerprint density at radius 2 is 2.05 bits per heavy atom. The van der Waals surface area contributed by atoms with E-state index in [9.17, 15) is 4.79 Å². The third-order valence-corrected chi connectivity index (χ3v) is 4.15. The lowest BCUT2D eigenvalue weighted by atomic mass is 9.90. The number of hydrogen-bond donors (Lipinski definition) is 0. The van der Waals surface area contributed by atoms with Crippen molar-refractivity contribution in [1.82, 2.24) is 4.57 Å². The molecule has 0 bridgehead atoms. The number of rotatable bonds is 1. The molecule has 0 N–H and O–H groups in total. The average Bonchev–Trinajstić information content (AvgIpc) is 2.43. The van der Waals surface area contributed by atoms with E-state index in [-0.39, 0.29) is 11.2 Å². The van der Waals surface area contributed by atoms with Gasteiger partial charge in [0.05, 0.1) is 11.1 Å². The van der Waals surface area contributed by atoms with Gasteiger partial charge in [0.2, 0.25) is 0 Å². The number of allylic oxidation sites excluding steroid dienone is 1. The van der Waals surface area contributed by atoms with Crippen LogP contribution in [0.3, 0.4) is 0 Å². The number of benzene rings is 1. The standard InChI is InChI=1S/C18H21NO2/c1-12(2)11-18(3)10-9-14-16(21-18)13-7-5-6-8-15(13)19(4)17(14)20/h5-8,11H,9-10H2,1-4H3. The monoisotopic (exact) mass is 283 g/mol. The van der Waals surface area contributed by atoms with Gasteiger partial charge in [0, 0.05) is 12.4 Å². The summed E-state index contributed by atoms with van der Waals surface area (Å²) in [6, 6.07) is 7.94. The van der Waals surface area contributed by atoms with Crippen LogP contribution in [0, 0.1) is 0 Å².